The summed E-state index contributed by atoms with van der Waals surface area (Å²) in [6.07, 6.45) is 4.20. The van der Waals surface area contributed by atoms with Crippen LogP contribution < -0.4 is 5.73 Å². The first-order chi connectivity index (χ1) is 8.26. The highest BCUT2D eigenvalue weighted by molar-refractivity contribution is 5.91. The predicted octanol–water partition coefficient (Wildman–Crippen LogP) is 1.80. The second-order valence-corrected chi connectivity index (χ2v) is 4.49. The fourth-order valence-electron chi connectivity index (χ4n) is 2.11. The van der Waals surface area contributed by atoms with E-state index in [4.69, 9.17) is 10.2 Å². The van der Waals surface area contributed by atoms with E-state index in [1.807, 2.05) is 17.9 Å². The molecule has 0 saturated heterocycles. The lowest BCUT2D eigenvalue weighted by Crippen LogP contribution is -2.46. The molecule has 1 saturated carbocycles. The summed E-state index contributed by atoms with van der Waals surface area (Å²) in [5.74, 6) is 1.29. The smallest absolute Gasteiger partial charge is 0.289 e. The number of carbonyl (C=O) groups excluding carboxylic acids is 1. The van der Waals surface area contributed by atoms with Crippen LogP contribution in [0.2, 0.25) is 0 Å². The summed E-state index contributed by atoms with van der Waals surface area (Å²) < 4.78 is 5.51. The maximum absolute atomic E-state index is 12.3. The van der Waals surface area contributed by atoms with Crippen molar-refractivity contribution in [3.63, 3.8) is 0 Å². The third-order valence-corrected chi connectivity index (χ3v) is 3.37. The molecule has 4 heteroatoms. The van der Waals surface area contributed by atoms with E-state index in [-0.39, 0.29) is 5.91 Å². The van der Waals surface area contributed by atoms with Gasteiger partial charge in [0.25, 0.3) is 5.91 Å². The minimum atomic E-state index is -0.0140. The summed E-state index contributed by atoms with van der Waals surface area (Å²) in [6, 6.07) is 4.00. The summed E-state index contributed by atoms with van der Waals surface area (Å²) in [7, 11) is 0. The predicted molar refractivity (Wildman–Crippen MR) is 65.8 cm³/mol. The Bertz CT molecular complexity index is 383. The molecule has 0 aromatic carbocycles. The second-order valence-electron chi connectivity index (χ2n) is 4.49. The molecule has 1 amide bonds. The maximum atomic E-state index is 12.3. The Morgan fingerprint density at radius 1 is 1.53 bits per heavy atom. The van der Waals surface area contributed by atoms with E-state index >= 15 is 0 Å². The average Bonchev–Trinajstić information content (AvgIpc) is 2.73. The monoisotopic (exact) mass is 236 g/mol. The number of furan rings is 1. The van der Waals surface area contributed by atoms with Crippen LogP contribution in [0.1, 0.15) is 42.5 Å². The molecule has 0 spiro atoms. The molecule has 1 aromatic heterocycles. The van der Waals surface area contributed by atoms with Crippen molar-refractivity contribution in [1.29, 1.82) is 0 Å². The Morgan fingerprint density at radius 2 is 2.29 bits per heavy atom. The van der Waals surface area contributed by atoms with Crippen molar-refractivity contribution < 1.29 is 9.21 Å². The third kappa shape index (κ3) is 2.52. The number of nitrogens with zero attached hydrogens (tertiary/aromatic N) is 1. The highest BCUT2D eigenvalue weighted by atomic mass is 16.4. The van der Waals surface area contributed by atoms with Gasteiger partial charge in [-0.3, -0.25) is 4.79 Å². The lowest BCUT2D eigenvalue weighted by atomic mass is 9.91. The zero-order valence-corrected chi connectivity index (χ0v) is 10.3. The van der Waals surface area contributed by atoms with Gasteiger partial charge < -0.3 is 15.1 Å². The van der Waals surface area contributed by atoms with Gasteiger partial charge >= 0.3 is 0 Å². The number of nitrogens with two attached hydrogens (primary N) is 1. The van der Waals surface area contributed by atoms with Crippen LogP contribution in [-0.4, -0.2) is 29.9 Å². The molecule has 0 aliphatic heterocycles. The van der Waals surface area contributed by atoms with Crippen molar-refractivity contribution in [2.75, 3.05) is 13.1 Å². The number of aryl methyl sites for hydroxylation is 1. The van der Waals surface area contributed by atoms with Crippen LogP contribution in [-0.2, 0) is 6.42 Å². The molecule has 94 valence electrons. The van der Waals surface area contributed by atoms with E-state index in [1.54, 1.807) is 6.07 Å². The van der Waals surface area contributed by atoms with Gasteiger partial charge in [-0.1, -0.05) is 6.92 Å². The van der Waals surface area contributed by atoms with Gasteiger partial charge in [0, 0.05) is 25.6 Å². The first kappa shape index (κ1) is 12.2. The van der Waals surface area contributed by atoms with E-state index in [9.17, 15) is 4.79 Å². The van der Waals surface area contributed by atoms with Crippen molar-refractivity contribution in [1.82, 2.24) is 4.90 Å². The van der Waals surface area contributed by atoms with Gasteiger partial charge in [-0.15, -0.1) is 0 Å². The van der Waals surface area contributed by atoms with Gasteiger partial charge in [0.2, 0.25) is 0 Å². The lowest BCUT2D eigenvalue weighted by molar-refractivity contribution is 0.0555. The summed E-state index contributed by atoms with van der Waals surface area (Å²) in [5.41, 5.74) is 5.57. The van der Waals surface area contributed by atoms with Crippen LogP contribution in [0.4, 0.5) is 0 Å². The van der Waals surface area contributed by atoms with Crippen LogP contribution in [0.25, 0.3) is 0 Å². The summed E-state index contributed by atoms with van der Waals surface area (Å²) >= 11 is 0. The second kappa shape index (κ2) is 5.36. The Labute approximate surface area is 102 Å². The number of carbonyl (C=O) groups is 1. The highest BCUT2D eigenvalue weighted by Crippen LogP contribution is 2.26. The largest absolute Gasteiger partial charge is 0.456 e. The van der Waals surface area contributed by atoms with Crippen molar-refractivity contribution >= 4 is 5.91 Å². The molecule has 1 aromatic rings. The van der Waals surface area contributed by atoms with Gasteiger partial charge in [-0.25, -0.2) is 0 Å². The van der Waals surface area contributed by atoms with Crippen LogP contribution >= 0.6 is 0 Å². The number of hydrogen-bond donors (Lipinski definition) is 1. The zero-order chi connectivity index (χ0) is 12.3. The molecular weight excluding hydrogens is 216 g/mol. The Balaban J connectivity index is 2.09. The molecule has 0 bridgehead atoms. The summed E-state index contributed by atoms with van der Waals surface area (Å²) in [6.45, 7) is 3.13. The summed E-state index contributed by atoms with van der Waals surface area (Å²) in [4.78, 5) is 14.1. The molecular formula is C13H20N2O2. The molecule has 1 aliphatic rings. The van der Waals surface area contributed by atoms with Gasteiger partial charge in [-0.05, 0) is 31.4 Å². The van der Waals surface area contributed by atoms with Crippen molar-refractivity contribution in [3.05, 3.63) is 23.7 Å². The Kier molecular flexibility index (Phi) is 3.84. The van der Waals surface area contributed by atoms with Gasteiger partial charge in [0.05, 0.1) is 0 Å². The van der Waals surface area contributed by atoms with Crippen LogP contribution in [0.15, 0.2) is 16.5 Å². The fourth-order valence-corrected chi connectivity index (χ4v) is 2.11. The van der Waals surface area contributed by atoms with Gasteiger partial charge in [0.1, 0.15) is 5.76 Å². The number of rotatable bonds is 5. The van der Waals surface area contributed by atoms with Crippen molar-refractivity contribution in [3.8, 4) is 0 Å². The van der Waals surface area contributed by atoms with Crippen LogP contribution in [0, 0.1) is 0 Å². The molecule has 0 unspecified atom stereocenters. The number of amides is 1. The molecule has 4 nitrogen and oxygen atoms in total. The van der Waals surface area contributed by atoms with Gasteiger partial charge in [0.15, 0.2) is 5.76 Å². The van der Waals surface area contributed by atoms with E-state index in [0.29, 0.717) is 24.9 Å². The molecule has 17 heavy (non-hydrogen) atoms. The topological polar surface area (TPSA) is 59.5 Å². The molecule has 0 atom stereocenters. The lowest BCUT2D eigenvalue weighted by Gasteiger charge is -2.36. The SMILES string of the molecule is CCc1ccc(C(=O)N(CCN)C2CCC2)o1. The minimum Gasteiger partial charge on any atom is -0.456 e. The number of hydrogen-bond acceptors (Lipinski definition) is 3. The average molecular weight is 236 g/mol. The molecule has 0 radical (unpaired) electrons. The highest BCUT2D eigenvalue weighted by Gasteiger charge is 2.30. The fraction of sp³-hybridized carbons (Fsp3) is 0.615. The first-order valence-corrected chi connectivity index (χ1v) is 6.36. The van der Waals surface area contributed by atoms with Crippen molar-refractivity contribution in [2.45, 2.75) is 38.6 Å². The Morgan fingerprint density at radius 3 is 2.76 bits per heavy atom. The van der Waals surface area contributed by atoms with E-state index < -0.39 is 0 Å². The van der Waals surface area contributed by atoms with Crippen LogP contribution in [0.3, 0.4) is 0 Å². The van der Waals surface area contributed by atoms with E-state index in [1.165, 1.54) is 6.42 Å². The van der Waals surface area contributed by atoms with Gasteiger partial charge in [-0.2, -0.15) is 0 Å². The molecule has 1 heterocycles. The minimum absolute atomic E-state index is 0.0140. The molecule has 2 N–H and O–H groups in total. The quantitative estimate of drug-likeness (QED) is 0.848. The standard InChI is InChI=1S/C13H20N2O2/c1-2-11-6-7-12(17-11)13(16)15(9-8-14)10-4-3-5-10/h6-7,10H,2-5,8-9,14H2,1H3. The van der Waals surface area contributed by atoms with E-state index in [0.717, 1.165) is 25.0 Å². The van der Waals surface area contributed by atoms with Crippen molar-refractivity contribution in [2.24, 2.45) is 5.73 Å². The molecule has 1 aliphatic carbocycles. The maximum Gasteiger partial charge on any atom is 0.289 e. The molecule has 2 rings (SSSR count). The molecule has 1 fully saturated rings. The third-order valence-electron chi connectivity index (χ3n) is 3.37. The normalized spacial score (nSPS) is 15.6. The Hall–Kier alpha value is -1.29. The van der Waals surface area contributed by atoms with E-state index in [2.05, 4.69) is 0 Å². The van der Waals surface area contributed by atoms with Crippen LogP contribution in [0.5, 0.6) is 0 Å². The zero-order valence-electron chi connectivity index (χ0n) is 10.3. The summed E-state index contributed by atoms with van der Waals surface area (Å²) in [5, 5.41) is 0. The first-order valence-electron chi connectivity index (χ1n) is 6.36.